The zero-order chi connectivity index (χ0) is 16.1. The predicted octanol–water partition coefficient (Wildman–Crippen LogP) is 4.01. The minimum Gasteiger partial charge on any atom is -0.368 e. The second-order valence-corrected chi connectivity index (χ2v) is 6.01. The summed E-state index contributed by atoms with van der Waals surface area (Å²) in [5, 5.41) is 6.06. The fourth-order valence-electron chi connectivity index (χ4n) is 1.78. The van der Waals surface area contributed by atoms with Crippen molar-refractivity contribution in [1.82, 2.24) is 9.97 Å². The Hall–Kier alpha value is -1.95. The molecule has 0 aliphatic rings. The van der Waals surface area contributed by atoms with Crippen molar-refractivity contribution in [3.05, 3.63) is 46.3 Å². The smallest absolute Gasteiger partial charge is 0.274 e. The summed E-state index contributed by atoms with van der Waals surface area (Å²) in [5.74, 6) is 0.393. The van der Waals surface area contributed by atoms with Gasteiger partial charge in [-0.1, -0.05) is 28.9 Å². The normalized spacial score (nSPS) is 11.8. The molecule has 1 heterocycles. The number of nitrogens with zero attached hydrogens (tertiary/aromatic N) is 2. The standard InChI is InChI=1S/C16H19BrN4O/c1-4-11(3)20-15-8-14(18-9-19-15)16(22)21-12-6-5-10(2)13(17)7-12/h5-9,11H,4H2,1-3H3,(H,21,22)(H,18,19,20). The van der Waals surface area contributed by atoms with Gasteiger partial charge in [0, 0.05) is 22.3 Å². The van der Waals surface area contributed by atoms with Crippen molar-refractivity contribution in [2.75, 3.05) is 10.6 Å². The number of nitrogens with one attached hydrogen (secondary N) is 2. The molecule has 22 heavy (non-hydrogen) atoms. The number of hydrogen-bond acceptors (Lipinski definition) is 4. The first-order valence-corrected chi connectivity index (χ1v) is 7.95. The first-order valence-electron chi connectivity index (χ1n) is 7.15. The third kappa shape index (κ3) is 4.27. The summed E-state index contributed by atoms with van der Waals surface area (Å²) < 4.78 is 0.951. The van der Waals surface area contributed by atoms with Gasteiger partial charge >= 0.3 is 0 Å². The lowest BCUT2D eigenvalue weighted by molar-refractivity contribution is 0.102. The number of aryl methyl sites for hydroxylation is 1. The topological polar surface area (TPSA) is 66.9 Å². The summed E-state index contributed by atoms with van der Waals surface area (Å²) in [6, 6.07) is 7.61. The Morgan fingerprint density at radius 1 is 1.32 bits per heavy atom. The van der Waals surface area contributed by atoms with Gasteiger partial charge in [0.2, 0.25) is 0 Å². The average Bonchev–Trinajstić information content (AvgIpc) is 2.51. The average molecular weight is 363 g/mol. The minimum atomic E-state index is -0.259. The van der Waals surface area contributed by atoms with Crippen LogP contribution in [-0.2, 0) is 0 Å². The van der Waals surface area contributed by atoms with E-state index >= 15 is 0 Å². The molecule has 0 radical (unpaired) electrons. The molecule has 116 valence electrons. The van der Waals surface area contributed by atoms with Crippen LogP contribution < -0.4 is 10.6 Å². The molecule has 0 aliphatic carbocycles. The number of benzene rings is 1. The molecule has 2 aromatic rings. The largest absolute Gasteiger partial charge is 0.368 e. The molecule has 0 bridgehead atoms. The van der Waals surface area contributed by atoms with Gasteiger partial charge in [0.25, 0.3) is 5.91 Å². The lowest BCUT2D eigenvalue weighted by atomic mass is 10.2. The van der Waals surface area contributed by atoms with Crippen molar-refractivity contribution in [2.24, 2.45) is 0 Å². The zero-order valence-corrected chi connectivity index (χ0v) is 14.4. The summed E-state index contributed by atoms with van der Waals surface area (Å²) in [7, 11) is 0. The van der Waals surface area contributed by atoms with Crippen LogP contribution in [0, 0.1) is 6.92 Å². The van der Waals surface area contributed by atoms with Crippen LogP contribution in [0.4, 0.5) is 11.5 Å². The van der Waals surface area contributed by atoms with E-state index in [9.17, 15) is 4.79 Å². The van der Waals surface area contributed by atoms with Crippen LogP contribution in [0.25, 0.3) is 0 Å². The number of aromatic nitrogens is 2. The van der Waals surface area contributed by atoms with Gasteiger partial charge in [0.15, 0.2) is 0 Å². The number of halogens is 1. The van der Waals surface area contributed by atoms with E-state index in [4.69, 9.17) is 0 Å². The van der Waals surface area contributed by atoms with Gasteiger partial charge in [-0.3, -0.25) is 4.79 Å². The van der Waals surface area contributed by atoms with Crippen molar-refractivity contribution >= 4 is 33.3 Å². The molecule has 2 N–H and O–H groups in total. The summed E-state index contributed by atoms with van der Waals surface area (Å²) in [6.45, 7) is 6.14. The van der Waals surface area contributed by atoms with Gasteiger partial charge < -0.3 is 10.6 Å². The second kappa shape index (κ2) is 7.35. The first-order chi connectivity index (χ1) is 10.5. The van der Waals surface area contributed by atoms with Crippen LogP contribution in [0.2, 0.25) is 0 Å². The molecule has 0 saturated carbocycles. The van der Waals surface area contributed by atoms with Gasteiger partial charge in [0.05, 0.1) is 0 Å². The number of amides is 1. The van der Waals surface area contributed by atoms with Crippen LogP contribution in [-0.4, -0.2) is 21.9 Å². The molecule has 1 aromatic carbocycles. The Balaban J connectivity index is 2.12. The van der Waals surface area contributed by atoms with Crippen molar-refractivity contribution in [1.29, 1.82) is 0 Å². The van der Waals surface area contributed by atoms with E-state index in [1.807, 2.05) is 25.1 Å². The molecular formula is C16H19BrN4O. The molecule has 0 fully saturated rings. The highest BCUT2D eigenvalue weighted by Gasteiger charge is 2.10. The summed E-state index contributed by atoms with van der Waals surface area (Å²) in [5.41, 5.74) is 2.16. The third-order valence-electron chi connectivity index (χ3n) is 3.34. The molecule has 1 amide bonds. The maximum Gasteiger partial charge on any atom is 0.274 e. The quantitative estimate of drug-likeness (QED) is 0.842. The Kier molecular flexibility index (Phi) is 5.49. The van der Waals surface area contributed by atoms with Gasteiger partial charge in [-0.15, -0.1) is 0 Å². The fraction of sp³-hybridized carbons (Fsp3) is 0.312. The molecule has 1 aromatic heterocycles. The van der Waals surface area contributed by atoms with E-state index in [2.05, 4.69) is 50.4 Å². The van der Waals surface area contributed by atoms with E-state index in [0.717, 1.165) is 22.1 Å². The molecule has 5 nitrogen and oxygen atoms in total. The van der Waals surface area contributed by atoms with Crippen molar-refractivity contribution in [3.8, 4) is 0 Å². The van der Waals surface area contributed by atoms with E-state index in [1.54, 1.807) is 6.07 Å². The molecular weight excluding hydrogens is 344 g/mol. The summed E-state index contributed by atoms with van der Waals surface area (Å²) in [4.78, 5) is 20.4. The van der Waals surface area contributed by atoms with E-state index in [0.29, 0.717) is 17.6 Å². The second-order valence-electron chi connectivity index (χ2n) is 5.16. The Morgan fingerprint density at radius 2 is 2.09 bits per heavy atom. The number of hydrogen-bond donors (Lipinski definition) is 2. The Morgan fingerprint density at radius 3 is 2.77 bits per heavy atom. The van der Waals surface area contributed by atoms with Crippen LogP contribution in [0.5, 0.6) is 0 Å². The zero-order valence-electron chi connectivity index (χ0n) is 12.9. The summed E-state index contributed by atoms with van der Waals surface area (Å²) in [6.07, 6.45) is 2.37. The number of rotatable bonds is 5. The van der Waals surface area contributed by atoms with Gasteiger partial charge in [-0.25, -0.2) is 9.97 Å². The number of carbonyl (C=O) groups is 1. The number of carbonyl (C=O) groups excluding carboxylic acids is 1. The lowest BCUT2D eigenvalue weighted by Crippen LogP contribution is -2.17. The molecule has 0 saturated heterocycles. The highest BCUT2D eigenvalue weighted by Crippen LogP contribution is 2.21. The maximum absolute atomic E-state index is 12.3. The minimum absolute atomic E-state index is 0.259. The van der Waals surface area contributed by atoms with Crippen LogP contribution in [0.3, 0.4) is 0 Å². The van der Waals surface area contributed by atoms with Crippen molar-refractivity contribution in [3.63, 3.8) is 0 Å². The fourth-order valence-corrected chi connectivity index (χ4v) is 2.16. The molecule has 2 rings (SSSR count). The maximum atomic E-state index is 12.3. The Labute approximate surface area is 138 Å². The van der Waals surface area contributed by atoms with E-state index in [1.165, 1.54) is 6.33 Å². The highest BCUT2D eigenvalue weighted by atomic mass is 79.9. The van der Waals surface area contributed by atoms with Gasteiger partial charge in [-0.05, 0) is 38.0 Å². The molecule has 0 spiro atoms. The van der Waals surface area contributed by atoms with E-state index < -0.39 is 0 Å². The van der Waals surface area contributed by atoms with Gasteiger partial charge in [-0.2, -0.15) is 0 Å². The number of anilines is 2. The highest BCUT2D eigenvalue weighted by molar-refractivity contribution is 9.10. The molecule has 1 unspecified atom stereocenters. The van der Waals surface area contributed by atoms with Crippen LogP contribution in [0.1, 0.15) is 36.3 Å². The van der Waals surface area contributed by atoms with Crippen molar-refractivity contribution in [2.45, 2.75) is 33.2 Å². The molecule has 1 atom stereocenters. The molecule has 0 aliphatic heterocycles. The Bertz CT molecular complexity index is 675. The predicted molar refractivity (Wildman–Crippen MR) is 92.2 cm³/mol. The SMILES string of the molecule is CCC(C)Nc1cc(C(=O)Nc2ccc(C)c(Br)c2)ncn1. The monoisotopic (exact) mass is 362 g/mol. The molecule has 6 heteroatoms. The van der Waals surface area contributed by atoms with Crippen LogP contribution in [0.15, 0.2) is 35.1 Å². The van der Waals surface area contributed by atoms with Crippen LogP contribution >= 0.6 is 15.9 Å². The summed E-state index contributed by atoms with van der Waals surface area (Å²) >= 11 is 3.45. The van der Waals surface area contributed by atoms with E-state index in [-0.39, 0.29) is 5.91 Å². The van der Waals surface area contributed by atoms with Gasteiger partial charge in [0.1, 0.15) is 17.8 Å². The van der Waals surface area contributed by atoms with Crippen molar-refractivity contribution < 1.29 is 4.79 Å². The third-order valence-corrected chi connectivity index (χ3v) is 4.19. The first kappa shape index (κ1) is 16.4. The lowest BCUT2D eigenvalue weighted by Gasteiger charge is -2.12.